The van der Waals surface area contributed by atoms with Crippen LogP contribution in [-0.2, 0) is 5.54 Å². The summed E-state index contributed by atoms with van der Waals surface area (Å²) in [6, 6.07) is 14.0. The Morgan fingerprint density at radius 3 is 2.41 bits per heavy atom. The molecule has 4 saturated carbocycles. The number of anilines is 1. The fourth-order valence-corrected chi connectivity index (χ4v) is 9.71. The second-order valence-electron chi connectivity index (χ2n) is 10.2. The number of fused-ring (bicyclic) bond motifs is 3. The molecule has 4 bridgehead atoms. The lowest BCUT2D eigenvalue weighted by Crippen LogP contribution is -2.62. The van der Waals surface area contributed by atoms with Crippen LogP contribution < -0.4 is 4.90 Å². The van der Waals surface area contributed by atoms with Gasteiger partial charge in [-0.15, -0.1) is 11.3 Å². The molecule has 8 rings (SSSR count). The van der Waals surface area contributed by atoms with Crippen molar-refractivity contribution < 1.29 is 0 Å². The maximum absolute atomic E-state index is 4.79. The molecular formula is C26H28N2S. The normalized spacial score (nSPS) is 37.0. The van der Waals surface area contributed by atoms with Crippen LogP contribution in [0.2, 0.25) is 0 Å². The summed E-state index contributed by atoms with van der Waals surface area (Å²) in [5, 5.41) is 1.41. The molecule has 2 aromatic heterocycles. The van der Waals surface area contributed by atoms with E-state index in [-0.39, 0.29) is 5.54 Å². The highest BCUT2D eigenvalue weighted by atomic mass is 32.1. The number of hydrogen-bond donors (Lipinski definition) is 0. The summed E-state index contributed by atoms with van der Waals surface area (Å²) in [6.45, 7) is 4.77. The van der Waals surface area contributed by atoms with Gasteiger partial charge in [-0.3, -0.25) is 0 Å². The quantitative estimate of drug-likeness (QED) is 0.445. The minimum absolute atomic E-state index is 0.194. The third kappa shape index (κ3) is 1.96. The third-order valence-corrected chi connectivity index (χ3v) is 10.1. The van der Waals surface area contributed by atoms with Gasteiger partial charge in [-0.25, -0.2) is 4.98 Å². The molecule has 3 aromatic rings. The molecule has 0 saturated heterocycles. The topological polar surface area (TPSA) is 16.1 Å². The average molecular weight is 401 g/mol. The number of thiophene rings is 1. The number of nitrogens with zero attached hydrogens (tertiary/aromatic N) is 2. The van der Waals surface area contributed by atoms with E-state index in [4.69, 9.17) is 4.98 Å². The SMILES string of the molecule is Cc1ccccc1N1C(C)c2c(sc3ncccc23)C12C1CC3CC(C1)CC2C3. The van der Waals surface area contributed by atoms with E-state index in [2.05, 4.69) is 55.1 Å². The molecule has 0 amide bonds. The largest absolute Gasteiger partial charge is 0.353 e. The van der Waals surface area contributed by atoms with Crippen molar-refractivity contribution in [2.24, 2.45) is 23.7 Å². The van der Waals surface area contributed by atoms with Crippen LogP contribution in [-0.4, -0.2) is 4.98 Å². The molecule has 29 heavy (non-hydrogen) atoms. The second kappa shape index (κ2) is 5.63. The molecule has 1 unspecified atom stereocenters. The lowest BCUT2D eigenvalue weighted by Gasteiger charge is -2.63. The highest BCUT2D eigenvalue weighted by molar-refractivity contribution is 7.19. The number of benzene rings is 1. The summed E-state index contributed by atoms with van der Waals surface area (Å²) in [4.78, 5) is 10.6. The number of para-hydroxylation sites is 1. The van der Waals surface area contributed by atoms with Gasteiger partial charge in [0.15, 0.2) is 0 Å². The molecule has 148 valence electrons. The van der Waals surface area contributed by atoms with Gasteiger partial charge in [-0.1, -0.05) is 24.3 Å². The van der Waals surface area contributed by atoms with Crippen LogP contribution in [0.3, 0.4) is 0 Å². The molecule has 0 radical (unpaired) electrons. The zero-order valence-electron chi connectivity index (χ0n) is 17.3. The van der Waals surface area contributed by atoms with Crippen molar-refractivity contribution in [2.75, 3.05) is 4.90 Å². The van der Waals surface area contributed by atoms with Crippen molar-refractivity contribution in [1.82, 2.24) is 4.98 Å². The Balaban J connectivity index is 1.54. The Hall–Kier alpha value is -1.87. The molecule has 3 heteroatoms. The smallest absolute Gasteiger partial charge is 0.123 e. The first-order chi connectivity index (χ1) is 14.2. The summed E-state index contributed by atoms with van der Waals surface area (Å²) < 4.78 is 0. The van der Waals surface area contributed by atoms with E-state index in [1.807, 2.05) is 17.5 Å². The Labute approximate surface area is 177 Å². The van der Waals surface area contributed by atoms with E-state index in [0.717, 1.165) is 23.7 Å². The van der Waals surface area contributed by atoms with Crippen LogP contribution in [0.15, 0.2) is 42.6 Å². The van der Waals surface area contributed by atoms with Crippen molar-refractivity contribution in [1.29, 1.82) is 0 Å². The first kappa shape index (κ1) is 16.9. The first-order valence-electron chi connectivity index (χ1n) is 11.4. The zero-order valence-corrected chi connectivity index (χ0v) is 18.1. The molecule has 5 aliphatic rings. The standard InChI is InChI=1S/C26H28N2S/c1-15-6-3-4-8-22(15)28-16(2)23-21-7-5-9-27-25(21)29-24(23)26(28)19-11-17-10-18(13-19)14-20(26)12-17/h3-9,16-20H,10-14H2,1-2H3. The van der Waals surface area contributed by atoms with E-state index in [1.165, 1.54) is 53.6 Å². The molecule has 2 nitrogen and oxygen atoms in total. The summed E-state index contributed by atoms with van der Waals surface area (Å²) in [5.41, 5.74) is 4.67. The molecule has 1 aliphatic heterocycles. The molecule has 1 atom stereocenters. The molecule has 4 aliphatic carbocycles. The maximum Gasteiger partial charge on any atom is 0.123 e. The van der Waals surface area contributed by atoms with E-state index in [9.17, 15) is 0 Å². The number of hydrogen-bond acceptors (Lipinski definition) is 3. The van der Waals surface area contributed by atoms with Gasteiger partial charge in [-0.2, -0.15) is 0 Å². The Morgan fingerprint density at radius 2 is 1.69 bits per heavy atom. The fourth-order valence-electron chi connectivity index (χ4n) is 8.13. The van der Waals surface area contributed by atoms with E-state index < -0.39 is 0 Å². The Bertz CT molecular complexity index is 1100. The lowest BCUT2D eigenvalue weighted by molar-refractivity contribution is -0.0588. The lowest BCUT2D eigenvalue weighted by atomic mass is 9.48. The second-order valence-corrected chi connectivity index (χ2v) is 11.2. The van der Waals surface area contributed by atoms with Gasteiger partial charge in [0, 0.05) is 27.7 Å². The molecule has 1 aromatic carbocycles. The van der Waals surface area contributed by atoms with E-state index in [0.29, 0.717) is 6.04 Å². The van der Waals surface area contributed by atoms with Crippen LogP contribution in [0.5, 0.6) is 0 Å². The predicted molar refractivity (Wildman–Crippen MR) is 120 cm³/mol. The Morgan fingerprint density at radius 1 is 0.966 bits per heavy atom. The molecule has 0 N–H and O–H groups in total. The molecule has 4 fully saturated rings. The predicted octanol–water partition coefficient (Wildman–Crippen LogP) is 6.84. The van der Waals surface area contributed by atoms with Crippen LogP contribution in [0, 0.1) is 30.6 Å². The third-order valence-electron chi connectivity index (χ3n) is 8.83. The Kier molecular flexibility index (Phi) is 3.28. The first-order valence-corrected chi connectivity index (χ1v) is 12.2. The maximum atomic E-state index is 4.79. The zero-order chi connectivity index (χ0) is 19.3. The van der Waals surface area contributed by atoms with Gasteiger partial charge in [0.25, 0.3) is 0 Å². The summed E-state index contributed by atoms with van der Waals surface area (Å²) in [7, 11) is 0. The van der Waals surface area contributed by atoms with Crippen LogP contribution in [0.25, 0.3) is 10.2 Å². The van der Waals surface area contributed by atoms with Gasteiger partial charge in [0.2, 0.25) is 0 Å². The van der Waals surface area contributed by atoms with Crippen molar-refractivity contribution in [3.8, 4) is 0 Å². The highest BCUT2D eigenvalue weighted by Crippen LogP contribution is 2.70. The monoisotopic (exact) mass is 400 g/mol. The molecule has 1 spiro atoms. The van der Waals surface area contributed by atoms with Gasteiger partial charge in [-0.05, 0) is 87.3 Å². The van der Waals surface area contributed by atoms with Crippen LogP contribution in [0.4, 0.5) is 5.69 Å². The van der Waals surface area contributed by atoms with Crippen molar-refractivity contribution in [3.05, 3.63) is 58.6 Å². The van der Waals surface area contributed by atoms with E-state index in [1.54, 1.807) is 10.4 Å². The average Bonchev–Trinajstić information content (AvgIpc) is 3.21. The van der Waals surface area contributed by atoms with Gasteiger partial charge in [0.1, 0.15) is 4.83 Å². The molecular weight excluding hydrogens is 372 g/mol. The van der Waals surface area contributed by atoms with Crippen molar-refractivity contribution >= 4 is 27.2 Å². The van der Waals surface area contributed by atoms with Crippen LogP contribution in [0.1, 0.15) is 61.1 Å². The summed E-state index contributed by atoms with van der Waals surface area (Å²) in [6.07, 6.45) is 9.21. The summed E-state index contributed by atoms with van der Waals surface area (Å²) in [5.74, 6) is 3.56. The number of rotatable bonds is 1. The van der Waals surface area contributed by atoms with Crippen molar-refractivity contribution in [3.63, 3.8) is 0 Å². The summed E-state index contributed by atoms with van der Waals surface area (Å²) >= 11 is 2.02. The van der Waals surface area contributed by atoms with Crippen molar-refractivity contribution in [2.45, 2.75) is 57.5 Å². The minimum Gasteiger partial charge on any atom is -0.353 e. The van der Waals surface area contributed by atoms with Crippen LogP contribution >= 0.6 is 11.3 Å². The number of pyridine rings is 1. The fraction of sp³-hybridized carbons (Fsp3) is 0.500. The highest BCUT2D eigenvalue weighted by Gasteiger charge is 2.65. The van der Waals surface area contributed by atoms with Gasteiger partial charge < -0.3 is 4.90 Å². The van der Waals surface area contributed by atoms with E-state index >= 15 is 0 Å². The number of aromatic nitrogens is 1. The van der Waals surface area contributed by atoms with Gasteiger partial charge in [0.05, 0.1) is 11.6 Å². The molecule has 3 heterocycles. The number of aryl methyl sites for hydroxylation is 1. The minimum atomic E-state index is 0.194. The van der Waals surface area contributed by atoms with Gasteiger partial charge >= 0.3 is 0 Å².